The Morgan fingerprint density at radius 3 is 2.37 bits per heavy atom. The third kappa shape index (κ3) is 2.10. The summed E-state index contributed by atoms with van der Waals surface area (Å²) in [4.78, 5) is 0. The Hall–Kier alpha value is -2.21. The SMILES string of the molecule is CCC(c1ccccc1)n1c(C)c(C)c(C#N)c1N. The summed E-state index contributed by atoms with van der Waals surface area (Å²) >= 11 is 0. The zero-order valence-electron chi connectivity index (χ0n) is 11.6. The first-order chi connectivity index (χ1) is 9.11. The van der Waals surface area contributed by atoms with Crippen molar-refractivity contribution in [1.82, 2.24) is 4.57 Å². The summed E-state index contributed by atoms with van der Waals surface area (Å²) < 4.78 is 2.09. The molecular formula is C16H19N3. The van der Waals surface area contributed by atoms with Gasteiger partial charge in [-0.15, -0.1) is 0 Å². The largest absolute Gasteiger partial charge is 0.384 e. The van der Waals surface area contributed by atoms with Crippen molar-refractivity contribution in [3.63, 3.8) is 0 Å². The molecule has 0 spiro atoms. The Balaban J connectivity index is 2.61. The molecule has 0 aliphatic carbocycles. The molecule has 0 amide bonds. The lowest BCUT2D eigenvalue weighted by Crippen LogP contribution is -2.14. The molecule has 1 aromatic heterocycles. The molecule has 1 unspecified atom stereocenters. The summed E-state index contributed by atoms with van der Waals surface area (Å²) in [6, 6.07) is 12.7. The van der Waals surface area contributed by atoms with Crippen molar-refractivity contribution in [1.29, 1.82) is 5.26 Å². The van der Waals surface area contributed by atoms with Gasteiger partial charge in [0.05, 0.1) is 11.6 Å². The van der Waals surface area contributed by atoms with Crippen LogP contribution in [0, 0.1) is 25.2 Å². The van der Waals surface area contributed by atoms with Gasteiger partial charge < -0.3 is 10.3 Å². The molecule has 0 radical (unpaired) electrons. The maximum absolute atomic E-state index is 9.22. The molecule has 3 nitrogen and oxygen atoms in total. The first kappa shape index (κ1) is 13.2. The maximum Gasteiger partial charge on any atom is 0.122 e. The predicted molar refractivity (Wildman–Crippen MR) is 77.9 cm³/mol. The lowest BCUT2D eigenvalue weighted by molar-refractivity contribution is 0.563. The summed E-state index contributed by atoms with van der Waals surface area (Å²) in [7, 11) is 0. The van der Waals surface area contributed by atoms with E-state index < -0.39 is 0 Å². The van der Waals surface area contributed by atoms with Crippen LogP contribution in [0.15, 0.2) is 30.3 Å². The Bertz CT molecular complexity index is 618. The van der Waals surface area contributed by atoms with Gasteiger partial charge >= 0.3 is 0 Å². The Kier molecular flexibility index (Phi) is 3.62. The van der Waals surface area contributed by atoms with E-state index in [-0.39, 0.29) is 6.04 Å². The molecule has 1 atom stereocenters. The van der Waals surface area contributed by atoms with E-state index in [1.807, 2.05) is 32.0 Å². The third-order valence-electron chi connectivity index (χ3n) is 3.79. The maximum atomic E-state index is 9.22. The molecule has 1 heterocycles. The first-order valence-electron chi connectivity index (χ1n) is 6.53. The van der Waals surface area contributed by atoms with Crippen molar-refractivity contribution in [2.75, 3.05) is 5.73 Å². The van der Waals surface area contributed by atoms with Gasteiger partial charge in [0.2, 0.25) is 0 Å². The molecule has 0 fully saturated rings. The number of rotatable bonds is 3. The van der Waals surface area contributed by atoms with Crippen LogP contribution in [0.5, 0.6) is 0 Å². The molecule has 0 aliphatic heterocycles. The van der Waals surface area contributed by atoms with Crippen LogP contribution >= 0.6 is 0 Å². The summed E-state index contributed by atoms with van der Waals surface area (Å²) in [5.41, 5.74) is 10.0. The van der Waals surface area contributed by atoms with E-state index in [9.17, 15) is 5.26 Å². The highest BCUT2D eigenvalue weighted by Crippen LogP contribution is 2.32. The van der Waals surface area contributed by atoms with Crippen LogP contribution in [-0.2, 0) is 0 Å². The van der Waals surface area contributed by atoms with Gasteiger partial charge in [-0.3, -0.25) is 0 Å². The topological polar surface area (TPSA) is 54.7 Å². The molecule has 98 valence electrons. The average Bonchev–Trinajstić information content (AvgIpc) is 2.64. The minimum atomic E-state index is 0.182. The Morgan fingerprint density at radius 1 is 1.26 bits per heavy atom. The van der Waals surface area contributed by atoms with E-state index in [0.29, 0.717) is 11.4 Å². The minimum Gasteiger partial charge on any atom is -0.384 e. The lowest BCUT2D eigenvalue weighted by atomic mass is 10.0. The van der Waals surface area contributed by atoms with E-state index in [1.165, 1.54) is 5.56 Å². The van der Waals surface area contributed by atoms with Gasteiger partial charge in [0.15, 0.2) is 0 Å². The van der Waals surface area contributed by atoms with E-state index in [0.717, 1.165) is 17.7 Å². The molecule has 0 aliphatic rings. The average molecular weight is 253 g/mol. The summed E-state index contributed by atoms with van der Waals surface area (Å²) in [6.07, 6.45) is 0.939. The number of anilines is 1. The molecule has 0 bridgehead atoms. The van der Waals surface area contributed by atoms with Crippen LogP contribution in [0.25, 0.3) is 0 Å². The molecule has 2 N–H and O–H groups in total. The fraction of sp³-hybridized carbons (Fsp3) is 0.312. The summed E-state index contributed by atoms with van der Waals surface area (Å²) in [6.45, 7) is 6.12. The zero-order valence-corrected chi connectivity index (χ0v) is 11.6. The molecule has 0 saturated heterocycles. The quantitative estimate of drug-likeness (QED) is 0.909. The molecule has 19 heavy (non-hydrogen) atoms. The van der Waals surface area contributed by atoms with Gasteiger partial charge in [0.1, 0.15) is 11.9 Å². The highest BCUT2D eigenvalue weighted by Gasteiger charge is 2.21. The smallest absolute Gasteiger partial charge is 0.122 e. The van der Waals surface area contributed by atoms with Gasteiger partial charge in [-0.2, -0.15) is 5.26 Å². The highest BCUT2D eigenvalue weighted by atomic mass is 15.1. The van der Waals surface area contributed by atoms with Crippen LogP contribution < -0.4 is 5.73 Å². The van der Waals surface area contributed by atoms with E-state index in [1.54, 1.807) is 0 Å². The van der Waals surface area contributed by atoms with Gasteiger partial charge in [-0.05, 0) is 31.4 Å². The van der Waals surface area contributed by atoms with Gasteiger partial charge in [-0.1, -0.05) is 37.3 Å². The van der Waals surface area contributed by atoms with Crippen molar-refractivity contribution < 1.29 is 0 Å². The van der Waals surface area contributed by atoms with Crippen molar-refractivity contribution >= 4 is 5.82 Å². The third-order valence-corrected chi connectivity index (χ3v) is 3.79. The monoisotopic (exact) mass is 253 g/mol. The molecule has 0 saturated carbocycles. The second-order valence-corrected chi connectivity index (χ2v) is 4.79. The fourth-order valence-corrected chi connectivity index (χ4v) is 2.64. The number of hydrogen-bond acceptors (Lipinski definition) is 2. The highest BCUT2D eigenvalue weighted by molar-refractivity contribution is 5.58. The normalized spacial score (nSPS) is 12.1. The van der Waals surface area contributed by atoms with Gasteiger partial charge in [-0.25, -0.2) is 0 Å². The Morgan fingerprint density at radius 2 is 1.89 bits per heavy atom. The van der Waals surface area contributed by atoms with Crippen molar-refractivity contribution in [2.45, 2.75) is 33.2 Å². The first-order valence-corrected chi connectivity index (χ1v) is 6.53. The second kappa shape index (κ2) is 5.19. The number of nitrogens with two attached hydrogens (primary N) is 1. The van der Waals surface area contributed by atoms with Crippen molar-refractivity contribution in [3.8, 4) is 6.07 Å². The van der Waals surface area contributed by atoms with Crippen molar-refractivity contribution in [2.24, 2.45) is 0 Å². The van der Waals surface area contributed by atoms with Crippen LogP contribution in [0.1, 0.15) is 41.8 Å². The lowest BCUT2D eigenvalue weighted by Gasteiger charge is -2.21. The van der Waals surface area contributed by atoms with E-state index >= 15 is 0 Å². The van der Waals surface area contributed by atoms with Gasteiger partial charge in [0.25, 0.3) is 0 Å². The zero-order chi connectivity index (χ0) is 14.0. The van der Waals surface area contributed by atoms with Crippen LogP contribution in [-0.4, -0.2) is 4.57 Å². The predicted octanol–water partition coefficient (Wildman–Crippen LogP) is 3.56. The van der Waals surface area contributed by atoms with Crippen molar-refractivity contribution in [3.05, 3.63) is 52.7 Å². The number of benzene rings is 1. The number of nitriles is 1. The number of nitrogens with zero attached hydrogens (tertiary/aromatic N) is 2. The molecule has 1 aromatic carbocycles. The molecular weight excluding hydrogens is 234 g/mol. The molecule has 3 heteroatoms. The second-order valence-electron chi connectivity index (χ2n) is 4.79. The number of nitrogen functional groups attached to an aromatic ring is 1. The van der Waals surface area contributed by atoms with E-state index in [2.05, 4.69) is 29.7 Å². The molecule has 2 rings (SSSR count). The Labute approximate surface area is 114 Å². The number of aromatic nitrogens is 1. The van der Waals surface area contributed by atoms with E-state index in [4.69, 9.17) is 5.73 Å². The minimum absolute atomic E-state index is 0.182. The summed E-state index contributed by atoms with van der Waals surface area (Å²) in [5, 5.41) is 9.22. The molecule has 2 aromatic rings. The number of hydrogen-bond donors (Lipinski definition) is 1. The standard InChI is InChI=1S/C16H19N3/c1-4-15(13-8-6-5-7-9-13)19-12(3)11(2)14(10-17)16(19)18/h5-9,15H,4,18H2,1-3H3. The summed E-state index contributed by atoms with van der Waals surface area (Å²) in [5.74, 6) is 0.577. The van der Waals surface area contributed by atoms with Crippen LogP contribution in [0.4, 0.5) is 5.82 Å². The fourth-order valence-electron chi connectivity index (χ4n) is 2.64. The van der Waals surface area contributed by atoms with Gasteiger partial charge in [0, 0.05) is 5.69 Å². The van der Waals surface area contributed by atoms with Crippen LogP contribution in [0.2, 0.25) is 0 Å². The van der Waals surface area contributed by atoms with Crippen LogP contribution in [0.3, 0.4) is 0 Å².